The summed E-state index contributed by atoms with van der Waals surface area (Å²) in [7, 11) is 1.65. The summed E-state index contributed by atoms with van der Waals surface area (Å²) in [5.74, 6) is -0.376. The van der Waals surface area contributed by atoms with Crippen molar-refractivity contribution in [3.63, 3.8) is 0 Å². The molecule has 0 amide bonds. The van der Waals surface area contributed by atoms with E-state index in [0.29, 0.717) is 30.3 Å². The summed E-state index contributed by atoms with van der Waals surface area (Å²) in [6.45, 7) is 4.76. The molecule has 1 saturated carbocycles. The van der Waals surface area contributed by atoms with Gasteiger partial charge in [-0.3, -0.25) is 4.79 Å². The highest BCUT2D eigenvalue weighted by Gasteiger charge is 2.29. The molecule has 4 rings (SSSR count). The van der Waals surface area contributed by atoms with Crippen LogP contribution in [0, 0.1) is 13.8 Å². The Morgan fingerprint density at radius 1 is 1.13 bits per heavy atom. The molecule has 0 atom stereocenters. The molecule has 3 aromatic rings. The first-order valence-electron chi connectivity index (χ1n) is 10.5. The van der Waals surface area contributed by atoms with Gasteiger partial charge in [0.2, 0.25) is 5.78 Å². The number of para-hydroxylation sites is 1. The third-order valence-electron chi connectivity index (χ3n) is 5.66. The second-order valence-corrected chi connectivity index (χ2v) is 7.90. The lowest BCUT2D eigenvalue weighted by Gasteiger charge is -2.09. The number of carbonyl (C=O) groups excluding carboxylic acids is 2. The highest BCUT2D eigenvalue weighted by atomic mass is 16.5. The number of methoxy groups -OCH3 is 1. The van der Waals surface area contributed by atoms with Gasteiger partial charge in [-0.15, -0.1) is 0 Å². The zero-order chi connectivity index (χ0) is 22.0. The second-order valence-electron chi connectivity index (χ2n) is 7.90. The number of Topliss-reactive ketones (excluding diaryl/α,β-unsaturated/α-hetero) is 1. The van der Waals surface area contributed by atoms with Crippen LogP contribution in [0.15, 0.2) is 42.5 Å². The number of aromatic nitrogens is 3. The first-order chi connectivity index (χ1) is 15.0. The first-order valence-corrected chi connectivity index (χ1v) is 10.5. The van der Waals surface area contributed by atoms with Crippen LogP contribution in [0.4, 0.5) is 0 Å². The zero-order valence-corrected chi connectivity index (χ0v) is 18.1. The molecule has 1 aliphatic carbocycles. The molecular formula is C24H27N3O4. The number of ketones is 1. The average Bonchev–Trinajstić information content (AvgIpc) is 3.47. The van der Waals surface area contributed by atoms with Crippen molar-refractivity contribution in [3.05, 3.63) is 70.8 Å². The maximum atomic E-state index is 12.9. The van der Waals surface area contributed by atoms with Crippen molar-refractivity contribution in [1.29, 1.82) is 0 Å². The minimum absolute atomic E-state index is 0.224. The van der Waals surface area contributed by atoms with E-state index in [1.54, 1.807) is 17.9 Å². The lowest BCUT2D eigenvalue weighted by Crippen LogP contribution is -2.18. The summed E-state index contributed by atoms with van der Waals surface area (Å²) < 4.78 is 14.2. The fraction of sp³-hybridized carbons (Fsp3) is 0.375. The number of benzene rings is 1. The van der Waals surface area contributed by atoms with Crippen molar-refractivity contribution in [3.8, 4) is 5.69 Å². The molecule has 1 aromatic carbocycles. The average molecular weight is 421 g/mol. The predicted molar refractivity (Wildman–Crippen MR) is 116 cm³/mol. The van der Waals surface area contributed by atoms with Gasteiger partial charge < -0.3 is 14.0 Å². The quantitative estimate of drug-likeness (QED) is 0.387. The van der Waals surface area contributed by atoms with E-state index < -0.39 is 5.97 Å². The van der Waals surface area contributed by atoms with Gasteiger partial charge in [-0.2, -0.15) is 5.10 Å². The molecular weight excluding hydrogens is 394 g/mol. The van der Waals surface area contributed by atoms with Gasteiger partial charge in [-0.05, 0) is 51.0 Å². The Kier molecular flexibility index (Phi) is 6.04. The van der Waals surface area contributed by atoms with Gasteiger partial charge in [0.1, 0.15) is 0 Å². The first kappa shape index (κ1) is 21.1. The normalized spacial score (nSPS) is 13.4. The maximum absolute atomic E-state index is 12.9. The molecule has 0 saturated heterocycles. The van der Waals surface area contributed by atoms with E-state index >= 15 is 0 Å². The molecule has 162 valence electrons. The van der Waals surface area contributed by atoms with E-state index in [-0.39, 0.29) is 12.4 Å². The molecule has 0 bridgehead atoms. The van der Waals surface area contributed by atoms with Crippen LogP contribution in [-0.2, 0) is 16.0 Å². The van der Waals surface area contributed by atoms with Crippen LogP contribution in [0.2, 0.25) is 0 Å². The second kappa shape index (κ2) is 8.89. The standard InChI is InChI=1S/C24H27N3O4/c1-16-13-20(17(2)26(16)11-12-30-3)23(28)15-31-24(29)22-14-21(18-9-10-18)25-27(22)19-7-5-4-6-8-19/h4-8,13-14,18H,9-12,15H2,1-3H3. The monoisotopic (exact) mass is 421 g/mol. The number of hydrogen-bond acceptors (Lipinski definition) is 5. The van der Waals surface area contributed by atoms with Crippen LogP contribution in [0.3, 0.4) is 0 Å². The van der Waals surface area contributed by atoms with Gasteiger partial charge in [0, 0.05) is 36.5 Å². The number of nitrogens with zero attached hydrogens (tertiary/aromatic N) is 3. The maximum Gasteiger partial charge on any atom is 0.357 e. The van der Waals surface area contributed by atoms with Crippen LogP contribution < -0.4 is 0 Å². The Balaban J connectivity index is 1.50. The molecule has 2 heterocycles. The number of hydrogen-bond donors (Lipinski definition) is 0. The van der Waals surface area contributed by atoms with Crippen molar-refractivity contribution in [2.75, 3.05) is 20.3 Å². The summed E-state index contributed by atoms with van der Waals surface area (Å²) in [4.78, 5) is 25.6. The molecule has 0 spiro atoms. The Bertz CT molecular complexity index is 1090. The number of rotatable bonds is 9. The molecule has 7 heteroatoms. The van der Waals surface area contributed by atoms with Crippen molar-refractivity contribution in [1.82, 2.24) is 14.3 Å². The molecule has 0 radical (unpaired) electrons. The number of carbonyl (C=O) groups is 2. The Hall–Kier alpha value is -3.19. The van der Waals surface area contributed by atoms with E-state index in [1.165, 1.54) is 0 Å². The Labute approximate surface area is 181 Å². The Morgan fingerprint density at radius 2 is 1.87 bits per heavy atom. The van der Waals surface area contributed by atoms with E-state index in [1.807, 2.05) is 54.8 Å². The van der Waals surface area contributed by atoms with E-state index in [9.17, 15) is 9.59 Å². The van der Waals surface area contributed by atoms with Crippen LogP contribution >= 0.6 is 0 Å². The molecule has 0 aliphatic heterocycles. The predicted octanol–water partition coefficient (Wildman–Crippen LogP) is 3.85. The highest BCUT2D eigenvalue weighted by Crippen LogP contribution is 2.39. The number of ether oxygens (including phenoxy) is 2. The van der Waals surface area contributed by atoms with Crippen LogP contribution in [0.25, 0.3) is 5.69 Å². The lowest BCUT2D eigenvalue weighted by molar-refractivity contribution is 0.0465. The molecule has 0 unspecified atom stereocenters. The summed E-state index contributed by atoms with van der Waals surface area (Å²) in [6, 6.07) is 13.1. The van der Waals surface area contributed by atoms with Gasteiger partial charge in [0.25, 0.3) is 0 Å². The molecule has 1 fully saturated rings. The van der Waals surface area contributed by atoms with Crippen LogP contribution in [-0.4, -0.2) is 46.4 Å². The fourth-order valence-electron chi connectivity index (χ4n) is 3.78. The fourth-order valence-corrected chi connectivity index (χ4v) is 3.78. The number of aryl methyl sites for hydroxylation is 1. The van der Waals surface area contributed by atoms with Crippen molar-refractivity contribution in [2.45, 2.75) is 39.2 Å². The van der Waals surface area contributed by atoms with Crippen molar-refractivity contribution in [2.24, 2.45) is 0 Å². The minimum Gasteiger partial charge on any atom is -0.453 e. The van der Waals surface area contributed by atoms with Gasteiger partial charge in [-0.25, -0.2) is 9.48 Å². The van der Waals surface area contributed by atoms with Crippen molar-refractivity contribution >= 4 is 11.8 Å². The summed E-state index contributed by atoms with van der Waals surface area (Å²) in [5, 5.41) is 4.62. The minimum atomic E-state index is -0.551. The molecule has 7 nitrogen and oxygen atoms in total. The van der Waals surface area contributed by atoms with Gasteiger partial charge in [0.15, 0.2) is 12.3 Å². The molecule has 1 aliphatic rings. The van der Waals surface area contributed by atoms with Gasteiger partial charge >= 0.3 is 5.97 Å². The van der Waals surface area contributed by atoms with E-state index in [4.69, 9.17) is 9.47 Å². The molecule has 31 heavy (non-hydrogen) atoms. The summed E-state index contributed by atoms with van der Waals surface area (Å²) in [5.41, 5.74) is 4.41. The third kappa shape index (κ3) is 4.46. The molecule has 2 aromatic heterocycles. The van der Waals surface area contributed by atoms with Crippen molar-refractivity contribution < 1.29 is 19.1 Å². The molecule has 0 N–H and O–H groups in total. The Morgan fingerprint density at radius 3 is 2.55 bits per heavy atom. The van der Waals surface area contributed by atoms with Crippen LogP contribution in [0.1, 0.15) is 56.7 Å². The van der Waals surface area contributed by atoms with E-state index in [0.717, 1.165) is 35.6 Å². The smallest absolute Gasteiger partial charge is 0.357 e. The van der Waals surface area contributed by atoms with Crippen LogP contribution in [0.5, 0.6) is 0 Å². The lowest BCUT2D eigenvalue weighted by atomic mass is 10.1. The number of esters is 1. The summed E-state index contributed by atoms with van der Waals surface area (Å²) >= 11 is 0. The topological polar surface area (TPSA) is 75.3 Å². The SMILES string of the molecule is COCCn1c(C)cc(C(=O)COC(=O)c2cc(C3CC3)nn2-c2ccccc2)c1C. The zero-order valence-electron chi connectivity index (χ0n) is 18.1. The van der Waals surface area contributed by atoms with E-state index in [2.05, 4.69) is 5.10 Å². The summed E-state index contributed by atoms with van der Waals surface area (Å²) in [6.07, 6.45) is 2.16. The largest absolute Gasteiger partial charge is 0.453 e. The van der Waals surface area contributed by atoms with Gasteiger partial charge in [-0.1, -0.05) is 18.2 Å². The van der Waals surface area contributed by atoms with Gasteiger partial charge in [0.05, 0.1) is 18.0 Å². The third-order valence-corrected chi connectivity index (χ3v) is 5.66. The highest BCUT2D eigenvalue weighted by molar-refractivity contribution is 6.00.